The second-order valence-electron chi connectivity index (χ2n) is 6.27. The fraction of sp³-hybridized carbons (Fsp3) is 0.0952. The quantitative estimate of drug-likeness (QED) is 0.418. The van der Waals surface area contributed by atoms with E-state index in [1.807, 2.05) is 29.1 Å². The number of aromatic nitrogens is 2. The van der Waals surface area contributed by atoms with Crippen molar-refractivity contribution in [2.75, 3.05) is 0 Å². The largest absolute Gasteiger partial charge is 0.573 e. The van der Waals surface area contributed by atoms with E-state index in [4.69, 9.17) is 0 Å². The SMILES string of the molecule is Fc1ccccc1-c1cc2cn(Cc3ccc(OC(F)(F)F)cc3)ccc-2n1. The lowest BCUT2D eigenvalue weighted by atomic mass is 10.1. The van der Waals surface area contributed by atoms with E-state index in [1.54, 1.807) is 30.3 Å². The third-order valence-electron chi connectivity index (χ3n) is 4.23. The number of rotatable bonds is 4. The number of alkyl halides is 3. The summed E-state index contributed by atoms with van der Waals surface area (Å²) in [6.07, 6.45) is -1.02. The first-order valence-electron chi connectivity index (χ1n) is 8.43. The molecule has 0 unspecified atom stereocenters. The highest BCUT2D eigenvalue weighted by Crippen LogP contribution is 2.30. The van der Waals surface area contributed by atoms with Crippen LogP contribution >= 0.6 is 0 Å². The van der Waals surface area contributed by atoms with E-state index in [0.29, 0.717) is 17.8 Å². The van der Waals surface area contributed by atoms with Crippen LogP contribution in [0.4, 0.5) is 17.6 Å². The molecule has 7 heteroatoms. The van der Waals surface area contributed by atoms with Gasteiger partial charge in [0.1, 0.15) is 11.6 Å². The van der Waals surface area contributed by atoms with Gasteiger partial charge in [-0.05, 0) is 42.0 Å². The number of ether oxygens (including phenoxy) is 1. The van der Waals surface area contributed by atoms with E-state index in [-0.39, 0.29) is 11.6 Å². The Labute approximate surface area is 158 Å². The van der Waals surface area contributed by atoms with Gasteiger partial charge in [0.05, 0.1) is 11.4 Å². The molecule has 0 fully saturated rings. The summed E-state index contributed by atoms with van der Waals surface area (Å²) in [5.74, 6) is -0.592. The van der Waals surface area contributed by atoms with Gasteiger partial charge in [-0.2, -0.15) is 0 Å². The van der Waals surface area contributed by atoms with Crippen LogP contribution in [0.25, 0.3) is 22.5 Å². The first-order valence-corrected chi connectivity index (χ1v) is 8.43. The second-order valence-corrected chi connectivity index (χ2v) is 6.27. The van der Waals surface area contributed by atoms with Crippen molar-refractivity contribution in [1.82, 2.24) is 9.55 Å². The first kappa shape index (κ1) is 18.0. The Balaban J connectivity index is 1.55. The molecule has 0 spiro atoms. The number of hydrogen-bond acceptors (Lipinski definition) is 2. The summed E-state index contributed by atoms with van der Waals surface area (Å²) in [4.78, 5) is 4.46. The zero-order valence-electron chi connectivity index (χ0n) is 14.4. The number of benzene rings is 2. The van der Waals surface area contributed by atoms with Crippen LogP contribution in [0.5, 0.6) is 5.75 Å². The van der Waals surface area contributed by atoms with E-state index in [9.17, 15) is 17.6 Å². The Morgan fingerprint density at radius 3 is 2.39 bits per heavy atom. The van der Waals surface area contributed by atoms with Crippen LogP contribution in [0.2, 0.25) is 0 Å². The van der Waals surface area contributed by atoms with Crippen LogP contribution < -0.4 is 4.74 Å². The van der Waals surface area contributed by atoms with Gasteiger partial charge in [0.2, 0.25) is 0 Å². The van der Waals surface area contributed by atoms with Gasteiger partial charge >= 0.3 is 6.36 Å². The molecule has 142 valence electrons. The van der Waals surface area contributed by atoms with Crippen LogP contribution in [-0.4, -0.2) is 15.9 Å². The number of hydrogen-bond donors (Lipinski definition) is 0. The molecule has 0 N–H and O–H groups in total. The predicted octanol–water partition coefficient (Wildman–Crippen LogP) is 5.74. The van der Waals surface area contributed by atoms with Crippen molar-refractivity contribution >= 4 is 0 Å². The molecular formula is C21H14F4N2O. The molecule has 0 atom stereocenters. The lowest BCUT2D eigenvalue weighted by molar-refractivity contribution is -0.274. The zero-order valence-corrected chi connectivity index (χ0v) is 14.4. The van der Waals surface area contributed by atoms with Crippen molar-refractivity contribution in [3.8, 4) is 28.3 Å². The molecule has 2 aromatic carbocycles. The van der Waals surface area contributed by atoms with Gasteiger partial charge in [0, 0.05) is 30.1 Å². The maximum Gasteiger partial charge on any atom is 0.573 e. The summed E-state index contributed by atoms with van der Waals surface area (Å²) in [7, 11) is 0. The van der Waals surface area contributed by atoms with Gasteiger partial charge < -0.3 is 9.30 Å². The molecule has 0 bridgehead atoms. The fourth-order valence-electron chi connectivity index (χ4n) is 2.99. The molecule has 4 rings (SSSR count). The second kappa shape index (κ2) is 6.99. The van der Waals surface area contributed by atoms with Crippen molar-refractivity contribution in [1.29, 1.82) is 0 Å². The molecule has 0 radical (unpaired) electrons. The van der Waals surface area contributed by atoms with Crippen LogP contribution in [-0.2, 0) is 6.54 Å². The van der Waals surface area contributed by atoms with Gasteiger partial charge in [-0.3, -0.25) is 0 Å². The highest BCUT2D eigenvalue weighted by molar-refractivity contribution is 5.73. The number of halogens is 4. The Bertz CT molecular complexity index is 1070. The Morgan fingerprint density at radius 1 is 0.929 bits per heavy atom. The summed E-state index contributed by atoms with van der Waals surface area (Å²) >= 11 is 0. The van der Waals surface area contributed by atoms with E-state index in [1.165, 1.54) is 18.2 Å². The lowest BCUT2D eigenvalue weighted by Crippen LogP contribution is -2.17. The van der Waals surface area contributed by atoms with Crippen LogP contribution in [0.3, 0.4) is 0 Å². The predicted molar refractivity (Wildman–Crippen MR) is 96.5 cm³/mol. The summed E-state index contributed by atoms with van der Waals surface area (Å²) in [6, 6.07) is 15.8. The minimum absolute atomic E-state index is 0.258. The van der Waals surface area contributed by atoms with Crippen LogP contribution in [0.1, 0.15) is 5.56 Å². The van der Waals surface area contributed by atoms with Gasteiger partial charge in [-0.15, -0.1) is 13.2 Å². The molecule has 2 aliphatic rings. The molecule has 0 amide bonds. The van der Waals surface area contributed by atoms with Gasteiger partial charge in [0.15, 0.2) is 0 Å². The average molecular weight is 386 g/mol. The molecule has 28 heavy (non-hydrogen) atoms. The molecule has 2 aliphatic heterocycles. The summed E-state index contributed by atoms with van der Waals surface area (Å²) in [5, 5.41) is 0. The van der Waals surface area contributed by atoms with Crippen molar-refractivity contribution in [2.24, 2.45) is 0 Å². The molecular weight excluding hydrogens is 372 g/mol. The Kier molecular flexibility index (Phi) is 4.50. The topological polar surface area (TPSA) is 27.1 Å². The van der Waals surface area contributed by atoms with Crippen LogP contribution in [0.15, 0.2) is 73.1 Å². The van der Waals surface area contributed by atoms with Crippen molar-refractivity contribution in [2.45, 2.75) is 12.9 Å². The summed E-state index contributed by atoms with van der Waals surface area (Å²) in [5.41, 5.74) is 3.39. The van der Waals surface area contributed by atoms with E-state index < -0.39 is 6.36 Å². The van der Waals surface area contributed by atoms with Gasteiger partial charge in [-0.1, -0.05) is 24.3 Å². The zero-order chi connectivity index (χ0) is 19.7. The molecule has 2 heterocycles. The van der Waals surface area contributed by atoms with E-state index in [2.05, 4.69) is 9.72 Å². The molecule has 3 nitrogen and oxygen atoms in total. The molecule has 2 aromatic rings. The monoisotopic (exact) mass is 386 g/mol. The maximum atomic E-state index is 14.0. The van der Waals surface area contributed by atoms with E-state index >= 15 is 0 Å². The highest BCUT2D eigenvalue weighted by Gasteiger charge is 2.30. The summed E-state index contributed by atoms with van der Waals surface area (Å²) < 4.78 is 56.4. The highest BCUT2D eigenvalue weighted by atomic mass is 19.4. The Morgan fingerprint density at radius 2 is 1.68 bits per heavy atom. The number of fused-ring (bicyclic) bond motifs is 1. The third kappa shape index (κ3) is 3.98. The minimum Gasteiger partial charge on any atom is -0.406 e. The molecule has 0 aliphatic carbocycles. The molecule has 0 aromatic heterocycles. The Hall–Kier alpha value is -3.35. The smallest absolute Gasteiger partial charge is 0.406 e. The van der Waals surface area contributed by atoms with Crippen molar-refractivity contribution in [3.05, 3.63) is 84.4 Å². The molecule has 0 saturated carbocycles. The lowest BCUT2D eigenvalue weighted by Gasteiger charge is -2.11. The molecule has 0 saturated heterocycles. The summed E-state index contributed by atoms with van der Waals surface area (Å²) in [6.45, 7) is 0.461. The fourth-order valence-corrected chi connectivity index (χ4v) is 2.99. The first-order chi connectivity index (χ1) is 13.4. The number of nitrogens with zero attached hydrogens (tertiary/aromatic N) is 2. The normalized spacial score (nSPS) is 11.7. The van der Waals surface area contributed by atoms with Gasteiger partial charge in [-0.25, -0.2) is 9.37 Å². The van der Waals surface area contributed by atoms with Crippen molar-refractivity contribution in [3.63, 3.8) is 0 Å². The minimum atomic E-state index is -4.71. The number of pyridine rings is 1. The third-order valence-corrected chi connectivity index (χ3v) is 4.23. The van der Waals surface area contributed by atoms with Crippen LogP contribution in [0, 0.1) is 5.82 Å². The maximum absolute atomic E-state index is 14.0. The average Bonchev–Trinajstić information content (AvgIpc) is 3.05. The van der Waals surface area contributed by atoms with Gasteiger partial charge in [0.25, 0.3) is 0 Å². The standard InChI is InChI=1S/C21H14F4N2O/c22-18-4-2-1-3-17(18)20-11-15-13-27(10-9-19(15)26-20)12-14-5-7-16(8-6-14)28-21(23,24)25/h1-11,13H,12H2. The van der Waals surface area contributed by atoms with E-state index in [0.717, 1.165) is 16.8 Å². The van der Waals surface area contributed by atoms with Crippen molar-refractivity contribution < 1.29 is 22.3 Å².